The number of aromatic nitrogens is 5. The van der Waals surface area contributed by atoms with Crippen molar-refractivity contribution in [2.75, 3.05) is 0 Å². The van der Waals surface area contributed by atoms with Gasteiger partial charge in [-0.2, -0.15) is 0 Å². The van der Waals surface area contributed by atoms with Crippen LogP contribution in [0.25, 0.3) is 220 Å². The average molecular weight is 1510 g/mol. The first-order valence-corrected chi connectivity index (χ1v) is 40.7. The SMILES string of the molecule is CC1(C)c2cc(-c3ncc4c5ccccc5c5ccccc5c4n3)ccc2-c2cc3c(cc21)oc1ccccc13.CC1(C)c2cc3oc4ccccc4c3cc2-c2cccc(-c3ccc(-c4cnc5ccccc5n4)c4ccccc34)c21.CC1(C)c2cc3oc4ccccc4c3cc2-c2cccc(-c3nc4ccccc4c4ccccc34)c21. The fraction of sp³-hybridized carbons (Fsp3) is 0.0818. The van der Waals surface area contributed by atoms with Gasteiger partial charge in [0.05, 0.1) is 39.7 Å². The molecule has 0 saturated heterocycles. The van der Waals surface area contributed by atoms with Crippen molar-refractivity contribution in [1.82, 2.24) is 24.9 Å². The van der Waals surface area contributed by atoms with Gasteiger partial charge in [-0.15, -0.1) is 0 Å². The number of furan rings is 3. The van der Waals surface area contributed by atoms with E-state index < -0.39 is 0 Å². The maximum absolute atomic E-state index is 6.31. The second kappa shape index (κ2) is 25.1. The summed E-state index contributed by atoms with van der Waals surface area (Å²) in [6.45, 7) is 14.0. The molecule has 118 heavy (non-hydrogen) atoms. The molecule has 0 saturated carbocycles. The summed E-state index contributed by atoms with van der Waals surface area (Å²) < 4.78 is 18.8. The van der Waals surface area contributed by atoms with Crippen LogP contribution >= 0.6 is 0 Å². The lowest BCUT2D eigenvalue weighted by atomic mass is 9.78. The molecule has 6 heterocycles. The van der Waals surface area contributed by atoms with Crippen LogP contribution in [0.1, 0.15) is 74.9 Å². The third-order valence-corrected chi connectivity index (χ3v) is 26.1. The Balaban J connectivity index is 0.000000101. The molecule has 0 spiro atoms. The Kier molecular flexibility index (Phi) is 14.4. The number of benzene rings is 17. The highest BCUT2D eigenvalue weighted by atomic mass is 16.3. The monoisotopic (exact) mass is 1510 g/mol. The summed E-state index contributed by atoms with van der Waals surface area (Å²) in [5.41, 5.74) is 32.3. The van der Waals surface area contributed by atoms with E-state index in [1.54, 1.807) is 0 Å². The highest BCUT2D eigenvalue weighted by Gasteiger charge is 2.42. The summed E-state index contributed by atoms with van der Waals surface area (Å²) in [5, 5.41) is 18.9. The Morgan fingerprint density at radius 1 is 0.220 bits per heavy atom. The Hall–Kier alpha value is -14.7. The number of nitrogens with zero attached hydrogens (tertiary/aromatic N) is 5. The molecule has 0 fully saturated rings. The van der Waals surface area contributed by atoms with Crippen LogP contribution in [0.5, 0.6) is 0 Å². The van der Waals surface area contributed by atoms with Crippen LogP contribution in [0.3, 0.4) is 0 Å². The summed E-state index contributed by atoms with van der Waals surface area (Å²) >= 11 is 0. The molecule has 23 aromatic rings. The zero-order valence-corrected chi connectivity index (χ0v) is 65.7. The van der Waals surface area contributed by atoms with Gasteiger partial charge in [0.15, 0.2) is 5.82 Å². The average Bonchev–Trinajstić information content (AvgIpc) is 1.56. The van der Waals surface area contributed by atoms with Crippen molar-refractivity contribution >= 4 is 142 Å². The fourth-order valence-corrected chi connectivity index (χ4v) is 20.5. The van der Waals surface area contributed by atoms with Crippen LogP contribution in [0.4, 0.5) is 0 Å². The van der Waals surface area contributed by atoms with Gasteiger partial charge in [0.25, 0.3) is 0 Å². The zero-order chi connectivity index (χ0) is 78.6. The van der Waals surface area contributed by atoms with E-state index >= 15 is 0 Å². The van der Waals surface area contributed by atoms with Crippen LogP contribution in [-0.2, 0) is 16.2 Å². The zero-order valence-electron chi connectivity index (χ0n) is 65.7. The summed E-state index contributed by atoms with van der Waals surface area (Å²) in [7, 11) is 0. The molecule has 8 heteroatoms. The Morgan fingerprint density at radius 3 is 1.19 bits per heavy atom. The summed E-state index contributed by atoms with van der Waals surface area (Å²) in [5.74, 6) is 0.752. The third-order valence-electron chi connectivity index (χ3n) is 26.1. The molecule has 0 aliphatic heterocycles. The summed E-state index contributed by atoms with van der Waals surface area (Å²) in [6, 6.07) is 114. The number of hydrogen-bond donors (Lipinski definition) is 0. The quantitative estimate of drug-likeness (QED) is 0.161. The smallest absolute Gasteiger partial charge is 0.159 e. The van der Waals surface area contributed by atoms with Gasteiger partial charge in [0, 0.05) is 93.0 Å². The standard InChI is InChI=1S/C39H26N2O.C37H24N2O.C34H23NO/c1-39(2)32-21-37-31(27-12-5-8-17-36(27)42-37)20-30(32)29-14-9-13-28(38(29)39)25-18-19-26(24-11-4-3-10-23(24)25)35-22-40-33-15-6-7-16-34(33)41-35;1-37(2)31-17-21(15-16-25(31)28-18-29-26-12-7-8-14-33(26)40-34(29)19-32(28)37)36-38-20-30-24-11-4-3-9-22(24)23-10-5-6-13-27(23)35(30)39-36;1-34(2)28-19-31-27(22-12-6-8-17-30(22)36-31)18-26(28)23-14-9-15-25(32(23)34)33-24-13-4-3-10-20(24)21-11-5-7-16-29(21)35-33/h3-22H,1-2H3;3-20H,1-2H3;3-19H,1-2H3. The molecule has 6 aromatic heterocycles. The summed E-state index contributed by atoms with van der Waals surface area (Å²) in [6.07, 6.45) is 3.89. The van der Waals surface area contributed by atoms with E-state index in [2.05, 4.69) is 308 Å². The van der Waals surface area contributed by atoms with E-state index in [9.17, 15) is 0 Å². The molecule has 3 aliphatic carbocycles. The number of rotatable bonds is 4. The van der Waals surface area contributed by atoms with E-state index in [0.717, 1.165) is 105 Å². The van der Waals surface area contributed by atoms with Crippen LogP contribution in [0.2, 0.25) is 0 Å². The molecule has 556 valence electrons. The predicted octanol–water partition coefficient (Wildman–Crippen LogP) is 29.4. The molecule has 26 rings (SSSR count). The van der Waals surface area contributed by atoms with Crippen LogP contribution in [-0.4, -0.2) is 24.9 Å². The first-order valence-electron chi connectivity index (χ1n) is 40.7. The second-order valence-corrected chi connectivity index (χ2v) is 33.6. The van der Waals surface area contributed by atoms with Crippen LogP contribution in [0, 0.1) is 0 Å². The Bertz CT molecular complexity index is 8280. The van der Waals surface area contributed by atoms with Gasteiger partial charge in [-0.05, 0) is 189 Å². The lowest BCUT2D eigenvalue weighted by Gasteiger charge is -2.25. The molecule has 3 aliphatic rings. The highest BCUT2D eigenvalue weighted by molar-refractivity contribution is 6.24. The predicted molar refractivity (Wildman–Crippen MR) is 487 cm³/mol. The van der Waals surface area contributed by atoms with E-state index in [4.69, 9.17) is 38.2 Å². The van der Waals surface area contributed by atoms with Crippen molar-refractivity contribution in [3.05, 3.63) is 367 Å². The van der Waals surface area contributed by atoms with Crippen LogP contribution < -0.4 is 0 Å². The summed E-state index contributed by atoms with van der Waals surface area (Å²) in [4.78, 5) is 25.0. The van der Waals surface area contributed by atoms with Crippen LogP contribution in [0.15, 0.2) is 347 Å². The van der Waals surface area contributed by atoms with Gasteiger partial charge in [0.2, 0.25) is 0 Å². The van der Waals surface area contributed by atoms with Crippen molar-refractivity contribution < 1.29 is 13.3 Å². The molecule has 0 bridgehead atoms. The number of fused-ring (bicyclic) bond motifs is 29. The number of hydrogen-bond acceptors (Lipinski definition) is 8. The van der Waals surface area contributed by atoms with E-state index in [0.29, 0.717) is 0 Å². The molecule has 17 aromatic carbocycles. The minimum Gasteiger partial charge on any atom is -0.456 e. The number of pyridine rings is 1. The molecule has 0 unspecified atom stereocenters. The number of para-hydroxylation sites is 6. The molecular formula is C110H73N5O3. The lowest BCUT2D eigenvalue weighted by molar-refractivity contribution is 0.647. The van der Waals surface area contributed by atoms with Gasteiger partial charge in [-0.1, -0.05) is 284 Å². The maximum Gasteiger partial charge on any atom is 0.159 e. The third kappa shape index (κ3) is 9.93. The second-order valence-electron chi connectivity index (χ2n) is 33.6. The van der Waals surface area contributed by atoms with Gasteiger partial charge in [-0.3, -0.25) is 4.98 Å². The topological polar surface area (TPSA) is 104 Å². The van der Waals surface area contributed by atoms with Crippen molar-refractivity contribution in [2.45, 2.75) is 57.8 Å². The largest absolute Gasteiger partial charge is 0.456 e. The molecule has 0 amide bonds. The van der Waals surface area contributed by atoms with E-state index in [1.807, 2.05) is 67.0 Å². The Morgan fingerprint density at radius 2 is 0.619 bits per heavy atom. The molecular weight excluding hydrogens is 1440 g/mol. The van der Waals surface area contributed by atoms with Gasteiger partial charge in [0.1, 0.15) is 33.5 Å². The lowest BCUT2D eigenvalue weighted by Crippen LogP contribution is -2.16. The highest BCUT2D eigenvalue weighted by Crippen LogP contribution is 2.58. The van der Waals surface area contributed by atoms with E-state index in [-0.39, 0.29) is 16.2 Å². The van der Waals surface area contributed by atoms with E-state index in [1.165, 1.54) is 148 Å². The van der Waals surface area contributed by atoms with Crippen molar-refractivity contribution in [3.8, 4) is 78.4 Å². The van der Waals surface area contributed by atoms with Gasteiger partial charge in [-0.25, -0.2) is 19.9 Å². The van der Waals surface area contributed by atoms with Crippen molar-refractivity contribution in [3.63, 3.8) is 0 Å². The molecule has 8 nitrogen and oxygen atoms in total. The van der Waals surface area contributed by atoms with Gasteiger partial charge < -0.3 is 13.3 Å². The first-order chi connectivity index (χ1) is 57.8. The molecule has 0 atom stereocenters. The molecule has 0 N–H and O–H groups in total. The van der Waals surface area contributed by atoms with Crippen molar-refractivity contribution in [1.29, 1.82) is 0 Å². The molecule has 0 radical (unpaired) electrons. The minimum absolute atomic E-state index is 0.173. The van der Waals surface area contributed by atoms with Crippen molar-refractivity contribution in [2.24, 2.45) is 0 Å². The maximum atomic E-state index is 6.31. The minimum atomic E-state index is -0.196. The Labute approximate surface area is 679 Å². The normalized spacial score (nSPS) is 13.9. The first kappa shape index (κ1) is 67.7. The van der Waals surface area contributed by atoms with Gasteiger partial charge >= 0.3 is 0 Å². The fourth-order valence-electron chi connectivity index (χ4n) is 20.5.